The Kier molecular flexibility index (Phi) is 2.91. The van der Waals surface area contributed by atoms with E-state index >= 15 is 0 Å². The normalized spacial score (nSPS) is 24.3. The van der Waals surface area contributed by atoms with Crippen LogP contribution >= 0.6 is 0 Å². The summed E-state index contributed by atoms with van der Waals surface area (Å²) in [5.41, 5.74) is 1.05. The zero-order valence-electron chi connectivity index (χ0n) is 10.3. The molecule has 2 heterocycles. The SMILES string of the molecule is Cn1ncc2cc(O[C@@H]3CCNC[C@H]3F)ccc21. The third-order valence-electron chi connectivity index (χ3n) is 3.35. The van der Waals surface area contributed by atoms with Crippen LogP contribution in [0, 0.1) is 0 Å². The van der Waals surface area contributed by atoms with E-state index in [2.05, 4.69) is 10.4 Å². The van der Waals surface area contributed by atoms with Gasteiger partial charge in [-0.05, 0) is 31.2 Å². The van der Waals surface area contributed by atoms with Crippen molar-refractivity contribution in [2.45, 2.75) is 18.7 Å². The number of benzene rings is 1. The first-order valence-corrected chi connectivity index (χ1v) is 6.17. The Morgan fingerprint density at radius 1 is 1.50 bits per heavy atom. The fourth-order valence-corrected chi connectivity index (χ4v) is 2.32. The monoisotopic (exact) mass is 249 g/mol. The number of aryl methyl sites for hydroxylation is 1. The predicted octanol–water partition coefficient (Wildman–Crippen LogP) is 1.65. The quantitative estimate of drug-likeness (QED) is 0.879. The summed E-state index contributed by atoms with van der Waals surface area (Å²) in [6.45, 7) is 1.18. The highest BCUT2D eigenvalue weighted by molar-refractivity contribution is 5.80. The van der Waals surface area contributed by atoms with E-state index in [0.717, 1.165) is 17.4 Å². The van der Waals surface area contributed by atoms with Crippen LogP contribution in [-0.2, 0) is 7.05 Å². The van der Waals surface area contributed by atoms with Gasteiger partial charge in [-0.3, -0.25) is 4.68 Å². The minimum Gasteiger partial charge on any atom is -0.487 e. The van der Waals surface area contributed by atoms with Crippen molar-refractivity contribution >= 4 is 10.9 Å². The molecule has 0 radical (unpaired) electrons. The molecule has 18 heavy (non-hydrogen) atoms. The summed E-state index contributed by atoms with van der Waals surface area (Å²) in [4.78, 5) is 0. The maximum absolute atomic E-state index is 13.6. The van der Waals surface area contributed by atoms with Crippen LogP contribution in [0.5, 0.6) is 5.75 Å². The lowest BCUT2D eigenvalue weighted by Crippen LogP contribution is -2.44. The fraction of sp³-hybridized carbons (Fsp3) is 0.462. The summed E-state index contributed by atoms with van der Waals surface area (Å²) in [6, 6.07) is 5.74. The average molecular weight is 249 g/mol. The van der Waals surface area contributed by atoms with Crippen molar-refractivity contribution < 1.29 is 9.13 Å². The van der Waals surface area contributed by atoms with Gasteiger partial charge in [-0.25, -0.2) is 4.39 Å². The first kappa shape index (κ1) is 11.5. The Labute approximate surface area is 105 Å². The number of rotatable bonds is 2. The van der Waals surface area contributed by atoms with Gasteiger partial charge in [0.2, 0.25) is 0 Å². The van der Waals surface area contributed by atoms with Crippen LogP contribution in [-0.4, -0.2) is 35.1 Å². The summed E-state index contributed by atoms with van der Waals surface area (Å²) in [7, 11) is 1.90. The maximum Gasteiger partial charge on any atom is 0.149 e. The lowest BCUT2D eigenvalue weighted by molar-refractivity contribution is 0.0733. The minimum atomic E-state index is -0.941. The topological polar surface area (TPSA) is 39.1 Å². The van der Waals surface area contributed by atoms with E-state index in [4.69, 9.17) is 4.74 Å². The van der Waals surface area contributed by atoms with Gasteiger partial charge in [0, 0.05) is 19.0 Å². The fourth-order valence-electron chi connectivity index (χ4n) is 2.32. The second-order valence-corrected chi connectivity index (χ2v) is 4.65. The molecule has 1 N–H and O–H groups in total. The Morgan fingerprint density at radius 2 is 2.39 bits per heavy atom. The van der Waals surface area contributed by atoms with Crippen LogP contribution in [0.25, 0.3) is 10.9 Å². The van der Waals surface area contributed by atoms with E-state index in [-0.39, 0.29) is 6.10 Å². The van der Waals surface area contributed by atoms with Crippen molar-refractivity contribution in [2.24, 2.45) is 7.05 Å². The Morgan fingerprint density at radius 3 is 3.22 bits per heavy atom. The summed E-state index contributed by atoms with van der Waals surface area (Å²) >= 11 is 0. The molecular formula is C13H16FN3O. The Hall–Kier alpha value is -1.62. The molecule has 3 rings (SSSR count). The molecule has 1 aliphatic rings. The van der Waals surface area contributed by atoms with E-state index in [1.807, 2.05) is 29.9 Å². The molecule has 0 bridgehead atoms. The summed E-state index contributed by atoms with van der Waals surface area (Å²) < 4.78 is 21.2. The minimum absolute atomic E-state index is 0.347. The number of piperidine rings is 1. The molecule has 2 atom stereocenters. The molecule has 0 aliphatic carbocycles. The third kappa shape index (κ3) is 2.06. The molecule has 1 aliphatic heterocycles. The molecule has 96 valence electrons. The number of aromatic nitrogens is 2. The van der Waals surface area contributed by atoms with E-state index in [1.54, 1.807) is 6.20 Å². The molecule has 0 unspecified atom stereocenters. The highest BCUT2D eigenvalue weighted by Crippen LogP contribution is 2.23. The van der Waals surface area contributed by atoms with Gasteiger partial charge in [0.1, 0.15) is 18.0 Å². The van der Waals surface area contributed by atoms with Gasteiger partial charge in [-0.2, -0.15) is 5.10 Å². The van der Waals surface area contributed by atoms with Crippen LogP contribution < -0.4 is 10.1 Å². The molecule has 0 amide bonds. The number of halogens is 1. The second kappa shape index (κ2) is 4.57. The molecule has 1 saturated heterocycles. The molecule has 0 spiro atoms. The zero-order valence-corrected chi connectivity index (χ0v) is 10.3. The maximum atomic E-state index is 13.6. The van der Waals surface area contributed by atoms with Gasteiger partial charge in [0.15, 0.2) is 0 Å². The highest BCUT2D eigenvalue weighted by atomic mass is 19.1. The summed E-state index contributed by atoms with van der Waals surface area (Å²) in [6.07, 6.45) is 1.20. The van der Waals surface area contributed by atoms with Gasteiger partial charge in [-0.1, -0.05) is 0 Å². The number of ether oxygens (including phenoxy) is 1. The van der Waals surface area contributed by atoms with Crippen molar-refractivity contribution in [1.82, 2.24) is 15.1 Å². The van der Waals surface area contributed by atoms with Crippen LogP contribution in [0.3, 0.4) is 0 Å². The number of nitrogens with zero attached hydrogens (tertiary/aromatic N) is 2. The zero-order chi connectivity index (χ0) is 12.5. The van der Waals surface area contributed by atoms with Crippen molar-refractivity contribution in [3.05, 3.63) is 24.4 Å². The standard InChI is InChI=1S/C13H16FN3O/c1-17-12-3-2-10(6-9(12)7-16-17)18-13-4-5-15-8-11(13)14/h2-3,6-7,11,13,15H,4-5,8H2,1H3/t11-,13-/m1/s1. The van der Waals surface area contributed by atoms with E-state index < -0.39 is 6.17 Å². The van der Waals surface area contributed by atoms with Crippen LogP contribution in [0.2, 0.25) is 0 Å². The lowest BCUT2D eigenvalue weighted by atomic mass is 10.1. The van der Waals surface area contributed by atoms with Crippen molar-refractivity contribution in [1.29, 1.82) is 0 Å². The van der Waals surface area contributed by atoms with Gasteiger partial charge in [0.05, 0.1) is 11.7 Å². The second-order valence-electron chi connectivity index (χ2n) is 4.65. The first-order chi connectivity index (χ1) is 8.74. The predicted molar refractivity (Wildman–Crippen MR) is 67.5 cm³/mol. The van der Waals surface area contributed by atoms with Crippen LogP contribution in [0.15, 0.2) is 24.4 Å². The largest absolute Gasteiger partial charge is 0.487 e. The Balaban J connectivity index is 1.81. The number of hydrogen-bond donors (Lipinski definition) is 1. The number of nitrogens with one attached hydrogen (secondary N) is 1. The van der Waals surface area contributed by atoms with Gasteiger partial charge in [-0.15, -0.1) is 0 Å². The van der Waals surface area contributed by atoms with Gasteiger partial charge >= 0.3 is 0 Å². The van der Waals surface area contributed by atoms with Crippen LogP contribution in [0.4, 0.5) is 4.39 Å². The smallest absolute Gasteiger partial charge is 0.149 e. The van der Waals surface area contributed by atoms with Crippen molar-refractivity contribution in [2.75, 3.05) is 13.1 Å². The first-order valence-electron chi connectivity index (χ1n) is 6.17. The summed E-state index contributed by atoms with van der Waals surface area (Å²) in [5.74, 6) is 0.713. The van der Waals surface area contributed by atoms with Crippen molar-refractivity contribution in [3.63, 3.8) is 0 Å². The number of alkyl halides is 1. The third-order valence-corrected chi connectivity index (χ3v) is 3.35. The molecule has 5 heteroatoms. The molecule has 1 fully saturated rings. The van der Waals surface area contributed by atoms with Gasteiger partial charge < -0.3 is 10.1 Å². The molecule has 4 nitrogen and oxygen atoms in total. The molecular weight excluding hydrogens is 233 g/mol. The van der Waals surface area contributed by atoms with Crippen LogP contribution in [0.1, 0.15) is 6.42 Å². The number of fused-ring (bicyclic) bond motifs is 1. The van der Waals surface area contributed by atoms with Gasteiger partial charge in [0.25, 0.3) is 0 Å². The molecule has 1 aromatic carbocycles. The van der Waals surface area contributed by atoms with E-state index in [1.165, 1.54) is 0 Å². The average Bonchev–Trinajstić information content (AvgIpc) is 2.74. The summed E-state index contributed by atoms with van der Waals surface area (Å²) in [5, 5.41) is 8.20. The lowest BCUT2D eigenvalue weighted by Gasteiger charge is -2.27. The van der Waals surface area contributed by atoms with E-state index in [9.17, 15) is 4.39 Å². The highest BCUT2D eigenvalue weighted by Gasteiger charge is 2.26. The molecule has 2 aromatic rings. The van der Waals surface area contributed by atoms with E-state index in [0.29, 0.717) is 18.7 Å². The van der Waals surface area contributed by atoms with Crippen molar-refractivity contribution in [3.8, 4) is 5.75 Å². The Bertz CT molecular complexity index is 554. The molecule has 1 aromatic heterocycles. The molecule has 0 saturated carbocycles. The number of hydrogen-bond acceptors (Lipinski definition) is 3.